The summed E-state index contributed by atoms with van der Waals surface area (Å²) < 4.78 is 0. The van der Waals surface area contributed by atoms with Crippen molar-refractivity contribution in [1.29, 1.82) is 0 Å². The first-order chi connectivity index (χ1) is 12.1. The highest BCUT2D eigenvalue weighted by Crippen LogP contribution is 2.22. The van der Waals surface area contributed by atoms with Gasteiger partial charge >= 0.3 is 6.03 Å². The number of pyridine rings is 1. The molecular formula is C20H32N4O. The maximum atomic E-state index is 12.6. The van der Waals surface area contributed by atoms with E-state index in [0.717, 1.165) is 37.5 Å². The van der Waals surface area contributed by atoms with Crippen LogP contribution in [0.2, 0.25) is 0 Å². The van der Waals surface area contributed by atoms with Crippen LogP contribution in [-0.2, 0) is 0 Å². The highest BCUT2D eigenvalue weighted by molar-refractivity contribution is 5.74. The summed E-state index contributed by atoms with van der Waals surface area (Å²) in [7, 11) is 0. The maximum Gasteiger partial charge on any atom is 0.317 e. The molecule has 1 N–H and O–H groups in total. The molecule has 25 heavy (non-hydrogen) atoms. The summed E-state index contributed by atoms with van der Waals surface area (Å²) in [5, 5.41) is 3.14. The number of hydrogen-bond donors (Lipinski definition) is 1. The molecule has 5 nitrogen and oxygen atoms in total. The molecule has 2 amide bonds. The molecule has 0 aliphatic carbocycles. The molecule has 2 saturated heterocycles. The van der Waals surface area contributed by atoms with Crippen LogP contribution in [0.15, 0.2) is 24.5 Å². The van der Waals surface area contributed by atoms with Gasteiger partial charge in [-0.05, 0) is 75.2 Å². The number of rotatable bonds is 4. The summed E-state index contributed by atoms with van der Waals surface area (Å²) in [4.78, 5) is 21.3. The molecule has 0 saturated carbocycles. The number of carbonyl (C=O) groups excluding carboxylic acids is 1. The van der Waals surface area contributed by atoms with Gasteiger partial charge in [0.15, 0.2) is 0 Å². The molecule has 0 spiro atoms. The van der Waals surface area contributed by atoms with Gasteiger partial charge in [-0.25, -0.2) is 4.79 Å². The zero-order chi connectivity index (χ0) is 17.6. The predicted molar refractivity (Wildman–Crippen MR) is 100 cm³/mol. The van der Waals surface area contributed by atoms with E-state index in [9.17, 15) is 4.79 Å². The van der Waals surface area contributed by atoms with Gasteiger partial charge in [0.2, 0.25) is 0 Å². The molecule has 2 fully saturated rings. The highest BCUT2D eigenvalue weighted by atomic mass is 16.2. The summed E-state index contributed by atoms with van der Waals surface area (Å²) in [6, 6.07) is 4.00. The summed E-state index contributed by atoms with van der Waals surface area (Å²) in [5.74, 6) is 1.49. The first-order valence-corrected chi connectivity index (χ1v) is 9.79. The van der Waals surface area contributed by atoms with Crippen molar-refractivity contribution in [3.8, 4) is 0 Å². The fraction of sp³-hybridized carbons (Fsp3) is 0.700. The van der Waals surface area contributed by atoms with E-state index in [1.54, 1.807) is 12.4 Å². The minimum atomic E-state index is 0.0134. The molecule has 2 aliphatic heterocycles. The van der Waals surface area contributed by atoms with E-state index in [1.165, 1.54) is 32.4 Å². The van der Waals surface area contributed by atoms with Crippen molar-refractivity contribution >= 4 is 6.03 Å². The van der Waals surface area contributed by atoms with E-state index >= 15 is 0 Å². The lowest BCUT2D eigenvalue weighted by molar-refractivity contribution is 0.119. The van der Waals surface area contributed by atoms with Crippen LogP contribution in [-0.4, -0.2) is 53.5 Å². The normalized spacial score (nSPS) is 24.1. The van der Waals surface area contributed by atoms with Gasteiger partial charge < -0.3 is 15.1 Å². The molecule has 3 heterocycles. The van der Waals surface area contributed by atoms with Gasteiger partial charge in [-0.3, -0.25) is 4.98 Å². The number of amides is 2. The number of likely N-dealkylation sites (tertiary alicyclic amines) is 2. The standard InChI is InChI=1S/C20H32N4O/c1-16-7-12-23(13-8-16)14-18-4-3-11-24(15-18)20(25)22-17(2)19-5-9-21-10-6-19/h5-6,9-10,16-18H,3-4,7-8,11-15H2,1-2H3,(H,22,25)/t17-,18-/m0/s1. The van der Waals surface area contributed by atoms with Crippen molar-refractivity contribution < 1.29 is 4.79 Å². The molecule has 2 aliphatic rings. The van der Waals surface area contributed by atoms with Crippen molar-refractivity contribution in [1.82, 2.24) is 20.1 Å². The van der Waals surface area contributed by atoms with Gasteiger partial charge in [0.25, 0.3) is 0 Å². The number of urea groups is 1. The third-order valence-corrected chi connectivity index (χ3v) is 5.74. The van der Waals surface area contributed by atoms with E-state index in [1.807, 2.05) is 24.0 Å². The quantitative estimate of drug-likeness (QED) is 0.912. The second kappa shape index (κ2) is 8.65. The Kier molecular flexibility index (Phi) is 6.29. The van der Waals surface area contributed by atoms with Gasteiger partial charge in [-0.15, -0.1) is 0 Å². The predicted octanol–water partition coefficient (Wildman–Crippen LogP) is 3.30. The summed E-state index contributed by atoms with van der Waals surface area (Å²) >= 11 is 0. The molecule has 2 atom stereocenters. The molecule has 138 valence electrons. The van der Waals surface area contributed by atoms with Gasteiger partial charge in [0.05, 0.1) is 6.04 Å². The van der Waals surface area contributed by atoms with Crippen molar-refractivity contribution in [2.75, 3.05) is 32.7 Å². The minimum absolute atomic E-state index is 0.0134. The van der Waals surface area contributed by atoms with Crippen molar-refractivity contribution in [3.63, 3.8) is 0 Å². The highest BCUT2D eigenvalue weighted by Gasteiger charge is 2.27. The zero-order valence-corrected chi connectivity index (χ0v) is 15.7. The Labute approximate surface area is 151 Å². The smallest absolute Gasteiger partial charge is 0.317 e. The van der Waals surface area contributed by atoms with Crippen LogP contribution in [0, 0.1) is 11.8 Å². The van der Waals surface area contributed by atoms with Crippen molar-refractivity contribution in [2.24, 2.45) is 11.8 Å². The Balaban J connectivity index is 1.48. The number of piperidine rings is 2. The molecule has 0 unspecified atom stereocenters. The second-order valence-corrected chi connectivity index (χ2v) is 7.89. The van der Waals surface area contributed by atoms with E-state index < -0.39 is 0 Å². The van der Waals surface area contributed by atoms with E-state index in [0.29, 0.717) is 5.92 Å². The van der Waals surface area contributed by atoms with Crippen molar-refractivity contribution in [2.45, 2.75) is 45.6 Å². The third-order valence-electron chi connectivity index (χ3n) is 5.74. The van der Waals surface area contributed by atoms with Gasteiger partial charge in [-0.1, -0.05) is 6.92 Å². The minimum Gasteiger partial charge on any atom is -0.331 e. The van der Waals surface area contributed by atoms with Crippen LogP contribution in [0.1, 0.15) is 51.1 Å². The second-order valence-electron chi connectivity index (χ2n) is 7.89. The molecule has 1 aromatic heterocycles. The van der Waals surface area contributed by atoms with E-state index in [-0.39, 0.29) is 12.1 Å². The molecule has 0 bridgehead atoms. The Morgan fingerprint density at radius 1 is 1.24 bits per heavy atom. The zero-order valence-electron chi connectivity index (χ0n) is 15.7. The number of nitrogens with zero attached hydrogens (tertiary/aromatic N) is 3. The fourth-order valence-electron chi connectivity index (χ4n) is 4.02. The Bertz CT molecular complexity index is 542. The fourth-order valence-corrected chi connectivity index (χ4v) is 4.02. The summed E-state index contributed by atoms with van der Waals surface area (Å²) in [5.41, 5.74) is 1.10. The largest absolute Gasteiger partial charge is 0.331 e. The summed E-state index contributed by atoms with van der Waals surface area (Å²) in [6.45, 7) is 9.75. The Morgan fingerprint density at radius 3 is 2.68 bits per heavy atom. The Morgan fingerprint density at radius 2 is 1.96 bits per heavy atom. The lowest BCUT2D eigenvalue weighted by atomic mass is 9.94. The molecule has 5 heteroatoms. The van der Waals surface area contributed by atoms with Gasteiger partial charge in [0.1, 0.15) is 0 Å². The molecule has 1 aromatic rings. The first kappa shape index (κ1) is 18.2. The number of nitrogens with one attached hydrogen (secondary N) is 1. The van der Waals surface area contributed by atoms with Gasteiger partial charge in [0, 0.05) is 32.0 Å². The molecular weight excluding hydrogens is 312 g/mol. The topological polar surface area (TPSA) is 48.5 Å². The van der Waals surface area contributed by atoms with Crippen LogP contribution in [0.25, 0.3) is 0 Å². The third kappa shape index (κ3) is 5.18. The molecule has 0 radical (unpaired) electrons. The lowest BCUT2D eigenvalue weighted by Gasteiger charge is -2.38. The molecule has 3 rings (SSSR count). The van der Waals surface area contributed by atoms with Crippen LogP contribution in [0.5, 0.6) is 0 Å². The van der Waals surface area contributed by atoms with Crippen LogP contribution < -0.4 is 5.32 Å². The Hall–Kier alpha value is -1.62. The number of hydrogen-bond acceptors (Lipinski definition) is 3. The molecule has 0 aromatic carbocycles. The SMILES string of the molecule is CC1CCN(C[C@@H]2CCCN(C(=O)N[C@@H](C)c3ccncc3)C2)CC1. The maximum absolute atomic E-state index is 12.6. The monoisotopic (exact) mass is 344 g/mol. The van der Waals surface area contributed by atoms with E-state index in [2.05, 4.69) is 22.1 Å². The van der Waals surface area contributed by atoms with Crippen LogP contribution in [0.3, 0.4) is 0 Å². The van der Waals surface area contributed by atoms with Crippen LogP contribution in [0.4, 0.5) is 4.79 Å². The first-order valence-electron chi connectivity index (χ1n) is 9.79. The summed E-state index contributed by atoms with van der Waals surface area (Å²) in [6.07, 6.45) is 8.55. The average Bonchev–Trinajstić information content (AvgIpc) is 2.64. The van der Waals surface area contributed by atoms with Gasteiger partial charge in [-0.2, -0.15) is 0 Å². The van der Waals surface area contributed by atoms with E-state index in [4.69, 9.17) is 0 Å². The average molecular weight is 345 g/mol. The van der Waals surface area contributed by atoms with Crippen LogP contribution >= 0.6 is 0 Å². The number of carbonyl (C=O) groups is 1. The van der Waals surface area contributed by atoms with Crippen molar-refractivity contribution in [3.05, 3.63) is 30.1 Å². The lowest BCUT2D eigenvalue weighted by Crippen LogP contribution is -2.48. The number of aromatic nitrogens is 1.